The molecule has 1 N–H and O–H groups in total. The van der Waals surface area contributed by atoms with E-state index in [0.717, 1.165) is 28.5 Å². The van der Waals surface area contributed by atoms with E-state index in [4.69, 9.17) is 9.47 Å². The van der Waals surface area contributed by atoms with E-state index in [0.29, 0.717) is 6.61 Å². The number of hydrogen-bond acceptors (Lipinski definition) is 3. The lowest BCUT2D eigenvalue weighted by Crippen LogP contribution is -2.13. The molecule has 3 unspecified atom stereocenters. The van der Waals surface area contributed by atoms with Crippen molar-refractivity contribution < 1.29 is 14.6 Å². The Morgan fingerprint density at radius 1 is 1.20 bits per heavy atom. The molecule has 0 spiro atoms. The predicted octanol–water partition coefficient (Wildman–Crippen LogP) is 3.31. The largest absolute Gasteiger partial charge is 0.496 e. The number of benzene rings is 2. The summed E-state index contributed by atoms with van der Waals surface area (Å²) in [5.41, 5.74) is 0.962. The van der Waals surface area contributed by atoms with Gasteiger partial charge in [0.05, 0.1) is 25.9 Å². The highest BCUT2D eigenvalue weighted by atomic mass is 16.5. The Morgan fingerprint density at radius 3 is 2.60 bits per heavy atom. The maximum absolute atomic E-state index is 10.7. The SMILES string of the molecule is COc1ccc(C(O)C2COC(C)C2)c2ccccc12. The molecule has 1 heterocycles. The van der Waals surface area contributed by atoms with E-state index in [1.165, 1.54) is 0 Å². The van der Waals surface area contributed by atoms with Gasteiger partial charge in [-0.2, -0.15) is 0 Å². The number of methoxy groups -OCH3 is 1. The third-order valence-corrected chi connectivity index (χ3v) is 4.13. The lowest BCUT2D eigenvalue weighted by molar-refractivity contribution is 0.0811. The quantitative estimate of drug-likeness (QED) is 0.931. The van der Waals surface area contributed by atoms with E-state index in [1.807, 2.05) is 36.4 Å². The smallest absolute Gasteiger partial charge is 0.126 e. The molecule has 2 aromatic rings. The summed E-state index contributed by atoms with van der Waals surface area (Å²) in [4.78, 5) is 0. The third kappa shape index (κ3) is 2.28. The van der Waals surface area contributed by atoms with Crippen molar-refractivity contribution in [2.75, 3.05) is 13.7 Å². The number of aliphatic hydroxyl groups is 1. The molecule has 1 saturated heterocycles. The Hall–Kier alpha value is -1.58. The van der Waals surface area contributed by atoms with Crippen LogP contribution in [0.4, 0.5) is 0 Å². The molecule has 1 aliphatic heterocycles. The number of aliphatic hydroxyl groups excluding tert-OH is 1. The monoisotopic (exact) mass is 272 g/mol. The van der Waals surface area contributed by atoms with Gasteiger partial charge in [-0.1, -0.05) is 30.3 Å². The summed E-state index contributed by atoms with van der Waals surface area (Å²) in [5.74, 6) is 1.01. The minimum atomic E-state index is -0.490. The van der Waals surface area contributed by atoms with Crippen LogP contribution in [-0.2, 0) is 4.74 Å². The van der Waals surface area contributed by atoms with Crippen LogP contribution < -0.4 is 4.74 Å². The molecule has 20 heavy (non-hydrogen) atoms. The second-order valence-electron chi connectivity index (χ2n) is 5.49. The number of hydrogen-bond donors (Lipinski definition) is 1. The minimum absolute atomic E-state index is 0.168. The van der Waals surface area contributed by atoms with Crippen molar-refractivity contribution in [2.24, 2.45) is 5.92 Å². The van der Waals surface area contributed by atoms with Crippen LogP contribution in [-0.4, -0.2) is 24.9 Å². The molecule has 2 aromatic carbocycles. The predicted molar refractivity (Wildman–Crippen MR) is 79.0 cm³/mol. The second kappa shape index (κ2) is 5.43. The van der Waals surface area contributed by atoms with E-state index >= 15 is 0 Å². The average Bonchev–Trinajstić information content (AvgIpc) is 2.92. The van der Waals surface area contributed by atoms with Crippen molar-refractivity contribution in [3.63, 3.8) is 0 Å². The van der Waals surface area contributed by atoms with E-state index in [9.17, 15) is 5.11 Å². The Labute approximate surface area is 119 Å². The molecule has 0 bridgehead atoms. The van der Waals surface area contributed by atoms with Gasteiger partial charge in [0, 0.05) is 11.3 Å². The van der Waals surface area contributed by atoms with E-state index in [2.05, 4.69) is 6.92 Å². The minimum Gasteiger partial charge on any atom is -0.496 e. The molecule has 1 aliphatic rings. The summed E-state index contributed by atoms with van der Waals surface area (Å²) in [6.45, 7) is 2.68. The van der Waals surface area contributed by atoms with Crippen LogP contribution in [0.15, 0.2) is 36.4 Å². The molecule has 0 amide bonds. The number of ether oxygens (including phenoxy) is 2. The van der Waals surface area contributed by atoms with Crippen molar-refractivity contribution in [2.45, 2.75) is 25.6 Å². The Balaban J connectivity index is 2.03. The Bertz CT molecular complexity index is 608. The normalized spacial score (nSPS) is 23.9. The summed E-state index contributed by atoms with van der Waals surface area (Å²) in [5, 5.41) is 12.8. The van der Waals surface area contributed by atoms with Gasteiger partial charge in [0.2, 0.25) is 0 Å². The molecule has 3 atom stereocenters. The van der Waals surface area contributed by atoms with Gasteiger partial charge in [-0.25, -0.2) is 0 Å². The molecular formula is C17H20O3. The van der Waals surface area contributed by atoms with Crippen LogP contribution in [0.2, 0.25) is 0 Å². The van der Waals surface area contributed by atoms with Gasteiger partial charge in [-0.3, -0.25) is 0 Å². The first-order valence-corrected chi connectivity index (χ1v) is 7.06. The fourth-order valence-corrected chi connectivity index (χ4v) is 3.05. The molecule has 0 radical (unpaired) electrons. The van der Waals surface area contributed by atoms with Crippen molar-refractivity contribution >= 4 is 10.8 Å². The average molecular weight is 272 g/mol. The molecule has 0 saturated carbocycles. The molecule has 3 nitrogen and oxygen atoms in total. The number of rotatable bonds is 3. The first kappa shape index (κ1) is 13.4. The zero-order chi connectivity index (χ0) is 14.1. The van der Waals surface area contributed by atoms with E-state index in [1.54, 1.807) is 7.11 Å². The van der Waals surface area contributed by atoms with Crippen molar-refractivity contribution in [1.82, 2.24) is 0 Å². The topological polar surface area (TPSA) is 38.7 Å². The molecule has 3 rings (SSSR count). The fourth-order valence-electron chi connectivity index (χ4n) is 3.05. The maximum atomic E-state index is 10.7. The van der Waals surface area contributed by atoms with Gasteiger partial charge < -0.3 is 14.6 Å². The van der Waals surface area contributed by atoms with Gasteiger partial charge in [-0.05, 0) is 30.4 Å². The first-order valence-electron chi connectivity index (χ1n) is 7.06. The van der Waals surface area contributed by atoms with Crippen LogP contribution in [0.25, 0.3) is 10.8 Å². The van der Waals surface area contributed by atoms with Crippen LogP contribution >= 0.6 is 0 Å². The summed E-state index contributed by atoms with van der Waals surface area (Å²) in [7, 11) is 1.67. The lowest BCUT2D eigenvalue weighted by atomic mass is 9.90. The highest BCUT2D eigenvalue weighted by molar-refractivity contribution is 5.91. The van der Waals surface area contributed by atoms with Crippen molar-refractivity contribution in [3.05, 3.63) is 42.0 Å². The van der Waals surface area contributed by atoms with E-state index in [-0.39, 0.29) is 12.0 Å². The molecular weight excluding hydrogens is 252 g/mol. The van der Waals surface area contributed by atoms with Gasteiger partial charge in [-0.15, -0.1) is 0 Å². The molecule has 1 fully saturated rings. The van der Waals surface area contributed by atoms with Crippen LogP contribution in [0.3, 0.4) is 0 Å². The Kier molecular flexibility index (Phi) is 3.64. The fraction of sp³-hybridized carbons (Fsp3) is 0.412. The molecule has 0 aromatic heterocycles. The molecule has 106 valence electrons. The standard InChI is InChI=1S/C17H20O3/c1-11-9-12(10-20-11)17(18)15-7-8-16(19-2)14-6-4-3-5-13(14)15/h3-8,11-12,17-18H,9-10H2,1-2H3. The summed E-state index contributed by atoms with van der Waals surface area (Å²) in [6.07, 6.45) is 0.650. The summed E-state index contributed by atoms with van der Waals surface area (Å²) < 4.78 is 11.0. The maximum Gasteiger partial charge on any atom is 0.126 e. The van der Waals surface area contributed by atoms with Gasteiger partial charge in [0.15, 0.2) is 0 Å². The second-order valence-corrected chi connectivity index (χ2v) is 5.49. The van der Waals surface area contributed by atoms with Gasteiger partial charge >= 0.3 is 0 Å². The zero-order valence-electron chi connectivity index (χ0n) is 11.9. The van der Waals surface area contributed by atoms with Crippen molar-refractivity contribution in [3.8, 4) is 5.75 Å². The molecule has 0 aliphatic carbocycles. The van der Waals surface area contributed by atoms with Gasteiger partial charge in [0.1, 0.15) is 5.75 Å². The van der Waals surface area contributed by atoms with Crippen LogP contribution in [0.5, 0.6) is 5.75 Å². The van der Waals surface area contributed by atoms with Gasteiger partial charge in [0.25, 0.3) is 0 Å². The van der Waals surface area contributed by atoms with Crippen LogP contribution in [0, 0.1) is 5.92 Å². The third-order valence-electron chi connectivity index (χ3n) is 4.13. The highest BCUT2D eigenvalue weighted by Crippen LogP contribution is 2.37. The van der Waals surface area contributed by atoms with Crippen LogP contribution in [0.1, 0.15) is 25.0 Å². The zero-order valence-corrected chi connectivity index (χ0v) is 11.9. The summed E-state index contributed by atoms with van der Waals surface area (Å²) >= 11 is 0. The highest BCUT2D eigenvalue weighted by Gasteiger charge is 2.30. The first-order chi connectivity index (χ1) is 9.70. The Morgan fingerprint density at radius 2 is 1.95 bits per heavy atom. The molecule has 3 heteroatoms. The van der Waals surface area contributed by atoms with E-state index < -0.39 is 6.10 Å². The summed E-state index contributed by atoms with van der Waals surface area (Å²) in [6, 6.07) is 11.9. The lowest BCUT2D eigenvalue weighted by Gasteiger charge is -2.20. The number of fused-ring (bicyclic) bond motifs is 1. The van der Waals surface area contributed by atoms with Crippen molar-refractivity contribution in [1.29, 1.82) is 0 Å².